The molecule has 8 heteroatoms. The number of ether oxygens (including phenoxy) is 2. The van der Waals surface area contributed by atoms with E-state index in [4.69, 9.17) is 21.1 Å². The first-order valence-electron chi connectivity index (χ1n) is 6.02. The first kappa shape index (κ1) is 15.1. The van der Waals surface area contributed by atoms with Crippen molar-refractivity contribution >= 4 is 17.3 Å². The second-order valence-electron chi connectivity index (χ2n) is 4.06. The summed E-state index contributed by atoms with van der Waals surface area (Å²) in [5.74, 6) is 0.235. The van der Waals surface area contributed by atoms with Gasteiger partial charge < -0.3 is 9.47 Å². The van der Waals surface area contributed by atoms with Crippen LogP contribution in [0.5, 0.6) is 11.6 Å². The van der Waals surface area contributed by atoms with Crippen molar-refractivity contribution in [3.05, 3.63) is 51.4 Å². The topological polar surface area (TPSA) is 87.4 Å². The molecule has 0 aliphatic rings. The smallest absolute Gasteiger partial charge is 0.368 e. The molecule has 2 rings (SSSR count). The van der Waals surface area contributed by atoms with E-state index in [9.17, 15) is 10.1 Å². The van der Waals surface area contributed by atoms with Gasteiger partial charge in [0.25, 0.3) is 0 Å². The van der Waals surface area contributed by atoms with E-state index in [0.29, 0.717) is 12.4 Å². The van der Waals surface area contributed by atoms with Gasteiger partial charge in [0.05, 0.1) is 11.5 Å². The van der Waals surface area contributed by atoms with Crippen molar-refractivity contribution in [2.75, 3.05) is 13.7 Å². The summed E-state index contributed by atoms with van der Waals surface area (Å²) in [5, 5.41) is 10.7. The van der Waals surface area contributed by atoms with Gasteiger partial charge in [0.15, 0.2) is 0 Å². The van der Waals surface area contributed by atoms with Crippen LogP contribution in [-0.4, -0.2) is 28.6 Å². The van der Waals surface area contributed by atoms with E-state index in [1.807, 2.05) is 12.1 Å². The number of hydrogen-bond donors (Lipinski definition) is 0. The average molecular weight is 310 g/mol. The molecule has 0 fully saturated rings. The fraction of sp³-hybridized carbons (Fsp3) is 0.231. The minimum Gasteiger partial charge on any atom is -0.434 e. The maximum absolute atomic E-state index is 11.0. The van der Waals surface area contributed by atoms with Crippen LogP contribution < -0.4 is 4.74 Å². The number of benzene rings is 1. The van der Waals surface area contributed by atoms with Gasteiger partial charge in [0.2, 0.25) is 5.15 Å². The van der Waals surface area contributed by atoms with Gasteiger partial charge in [0, 0.05) is 7.11 Å². The lowest BCUT2D eigenvalue weighted by atomic mass is 10.1. The molecule has 0 atom stereocenters. The van der Waals surface area contributed by atoms with E-state index in [1.165, 1.54) is 0 Å². The Balaban J connectivity index is 2.19. The highest BCUT2D eigenvalue weighted by Crippen LogP contribution is 2.33. The van der Waals surface area contributed by atoms with E-state index < -0.39 is 10.6 Å². The molecule has 0 N–H and O–H groups in total. The van der Waals surface area contributed by atoms with Crippen molar-refractivity contribution in [2.24, 2.45) is 0 Å². The zero-order valence-corrected chi connectivity index (χ0v) is 11.9. The largest absolute Gasteiger partial charge is 0.434 e. The first-order valence-corrected chi connectivity index (χ1v) is 6.40. The number of methoxy groups -OCH3 is 1. The number of nitrogens with zero attached hydrogens (tertiary/aromatic N) is 3. The van der Waals surface area contributed by atoms with Crippen molar-refractivity contribution in [2.45, 2.75) is 6.42 Å². The second kappa shape index (κ2) is 6.96. The SMILES string of the molecule is COCCc1ccc(Oc2ncnc(Cl)c2[N+](=O)[O-])cc1. The highest BCUT2D eigenvalue weighted by molar-refractivity contribution is 6.31. The highest BCUT2D eigenvalue weighted by Gasteiger charge is 2.23. The molecule has 1 aromatic heterocycles. The lowest BCUT2D eigenvalue weighted by molar-refractivity contribution is -0.386. The molecule has 0 saturated heterocycles. The molecule has 1 aromatic carbocycles. The number of hydrogen-bond acceptors (Lipinski definition) is 6. The summed E-state index contributed by atoms with van der Waals surface area (Å²) in [6.45, 7) is 0.618. The van der Waals surface area contributed by atoms with Gasteiger partial charge in [-0.3, -0.25) is 10.1 Å². The fourth-order valence-corrected chi connectivity index (χ4v) is 1.82. The third-order valence-electron chi connectivity index (χ3n) is 2.66. The van der Waals surface area contributed by atoms with Crippen molar-refractivity contribution < 1.29 is 14.4 Å². The molecular formula is C13H12ClN3O4. The van der Waals surface area contributed by atoms with E-state index >= 15 is 0 Å². The van der Waals surface area contributed by atoms with Crippen molar-refractivity contribution in [1.82, 2.24) is 9.97 Å². The van der Waals surface area contributed by atoms with E-state index in [1.54, 1.807) is 19.2 Å². The first-order chi connectivity index (χ1) is 10.1. The van der Waals surface area contributed by atoms with Crippen LogP contribution in [0.3, 0.4) is 0 Å². The zero-order chi connectivity index (χ0) is 15.2. The monoisotopic (exact) mass is 309 g/mol. The third-order valence-corrected chi connectivity index (χ3v) is 2.94. The summed E-state index contributed by atoms with van der Waals surface area (Å²) in [6, 6.07) is 7.10. The Morgan fingerprint density at radius 1 is 1.29 bits per heavy atom. The Morgan fingerprint density at radius 3 is 2.62 bits per heavy atom. The molecule has 0 unspecified atom stereocenters. The molecule has 110 valence electrons. The molecular weight excluding hydrogens is 298 g/mol. The highest BCUT2D eigenvalue weighted by atomic mass is 35.5. The lowest BCUT2D eigenvalue weighted by Crippen LogP contribution is -1.99. The van der Waals surface area contributed by atoms with Crippen molar-refractivity contribution in [1.29, 1.82) is 0 Å². The van der Waals surface area contributed by atoms with Gasteiger partial charge in [-0.25, -0.2) is 4.98 Å². The van der Waals surface area contributed by atoms with Crippen molar-refractivity contribution in [3.63, 3.8) is 0 Å². The number of rotatable bonds is 6. The van der Waals surface area contributed by atoms with Crippen LogP contribution in [0.15, 0.2) is 30.6 Å². The number of halogens is 1. The van der Waals surface area contributed by atoms with Gasteiger partial charge in [-0.2, -0.15) is 4.98 Å². The quantitative estimate of drug-likeness (QED) is 0.463. The zero-order valence-electron chi connectivity index (χ0n) is 11.2. The number of nitro groups is 1. The van der Waals surface area contributed by atoms with Gasteiger partial charge in [-0.05, 0) is 24.1 Å². The van der Waals surface area contributed by atoms with Crippen LogP contribution in [0.25, 0.3) is 0 Å². The van der Waals surface area contributed by atoms with E-state index in [0.717, 1.165) is 18.3 Å². The summed E-state index contributed by atoms with van der Waals surface area (Å²) in [4.78, 5) is 17.6. The Labute approximate surface area is 125 Å². The molecule has 0 aliphatic heterocycles. The molecule has 7 nitrogen and oxygen atoms in total. The molecule has 0 saturated carbocycles. The van der Waals surface area contributed by atoms with Crippen LogP contribution in [0.1, 0.15) is 5.56 Å². The molecule has 0 radical (unpaired) electrons. The standard InChI is InChI=1S/C13H12ClN3O4/c1-20-7-6-9-2-4-10(5-3-9)21-13-11(17(18)19)12(14)15-8-16-13/h2-5,8H,6-7H2,1H3. The maximum atomic E-state index is 11.0. The summed E-state index contributed by atoms with van der Waals surface area (Å²) >= 11 is 5.69. The Morgan fingerprint density at radius 2 is 2.00 bits per heavy atom. The molecule has 0 aliphatic carbocycles. The molecule has 21 heavy (non-hydrogen) atoms. The minimum absolute atomic E-state index is 0.190. The van der Waals surface area contributed by atoms with Crippen LogP contribution in [-0.2, 0) is 11.2 Å². The second-order valence-corrected chi connectivity index (χ2v) is 4.42. The summed E-state index contributed by atoms with van der Waals surface area (Å²) in [6.07, 6.45) is 1.88. The average Bonchev–Trinajstić information content (AvgIpc) is 2.46. The Bertz CT molecular complexity index is 634. The summed E-state index contributed by atoms with van der Waals surface area (Å²) in [7, 11) is 1.63. The molecule has 1 heterocycles. The van der Waals surface area contributed by atoms with Gasteiger partial charge in [-0.15, -0.1) is 0 Å². The van der Waals surface area contributed by atoms with Gasteiger partial charge in [-0.1, -0.05) is 23.7 Å². The molecule has 2 aromatic rings. The molecule has 0 bridgehead atoms. The van der Waals surface area contributed by atoms with Crippen LogP contribution in [0.2, 0.25) is 5.15 Å². The van der Waals surface area contributed by atoms with E-state index in [2.05, 4.69) is 9.97 Å². The Kier molecular flexibility index (Phi) is 5.02. The van der Waals surface area contributed by atoms with Gasteiger partial charge in [0.1, 0.15) is 12.1 Å². The fourth-order valence-electron chi connectivity index (χ4n) is 1.63. The molecule has 0 spiro atoms. The van der Waals surface area contributed by atoms with Gasteiger partial charge >= 0.3 is 11.6 Å². The minimum atomic E-state index is -0.676. The predicted molar refractivity (Wildman–Crippen MR) is 75.8 cm³/mol. The summed E-state index contributed by atoms with van der Waals surface area (Å²) < 4.78 is 10.4. The normalized spacial score (nSPS) is 10.4. The predicted octanol–water partition coefficient (Wildman–Crippen LogP) is 3.02. The maximum Gasteiger partial charge on any atom is 0.368 e. The molecule has 0 amide bonds. The summed E-state index contributed by atoms with van der Waals surface area (Å²) in [5.41, 5.74) is 0.613. The van der Waals surface area contributed by atoms with Crippen molar-refractivity contribution in [3.8, 4) is 11.6 Å². The van der Waals surface area contributed by atoms with Crippen LogP contribution >= 0.6 is 11.6 Å². The number of aromatic nitrogens is 2. The lowest BCUT2D eigenvalue weighted by Gasteiger charge is -2.06. The third kappa shape index (κ3) is 3.87. The van der Waals surface area contributed by atoms with E-state index in [-0.39, 0.29) is 11.0 Å². The van der Waals surface area contributed by atoms with Crippen LogP contribution in [0, 0.1) is 10.1 Å². The Hall–Kier alpha value is -2.25. The van der Waals surface area contributed by atoms with Crippen LogP contribution in [0.4, 0.5) is 5.69 Å².